The van der Waals surface area contributed by atoms with Gasteiger partial charge in [0.25, 0.3) is 0 Å². The zero-order valence-corrected chi connectivity index (χ0v) is 15.5. The van der Waals surface area contributed by atoms with Gasteiger partial charge < -0.3 is 0 Å². The van der Waals surface area contributed by atoms with Crippen LogP contribution in [-0.4, -0.2) is 47.0 Å². The first-order valence-corrected chi connectivity index (χ1v) is 10.3. The predicted molar refractivity (Wildman–Crippen MR) is 101 cm³/mol. The molecule has 0 atom stereocenters. The van der Waals surface area contributed by atoms with Crippen molar-refractivity contribution in [1.82, 2.24) is 25.5 Å². The van der Waals surface area contributed by atoms with E-state index in [1.165, 1.54) is 24.5 Å². The Morgan fingerprint density at radius 1 is 1.07 bits per heavy atom. The molecule has 0 amide bonds. The van der Waals surface area contributed by atoms with Gasteiger partial charge in [-0.2, -0.15) is 5.21 Å². The maximum atomic E-state index is 12.1. The molecule has 0 unspecified atom stereocenters. The summed E-state index contributed by atoms with van der Waals surface area (Å²) in [6, 6.07) is 13.0. The number of nitrogens with zero attached hydrogens (tertiary/aromatic N) is 4. The minimum atomic E-state index is -3.94. The van der Waals surface area contributed by atoms with Gasteiger partial charge in [0.15, 0.2) is 0 Å². The molecule has 3 N–H and O–H groups in total. The molecule has 1 aromatic heterocycles. The second-order valence-corrected chi connectivity index (χ2v) is 8.17. The molecule has 8 nitrogen and oxygen atoms in total. The van der Waals surface area contributed by atoms with Crippen molar-refractivity contribution in [3.8, 4) is 22.5 Å². The van der Waals surface area contributed by atoms with Gasteiger partial charge in [-0.15, -0.1) is 10.2 Å². The summed E-state index contributed by atoms with van der Waals surface area (Å²) in [5.41, 5.74) is 3.13. The Kier molecular flexibility index (Phi) is 4.73. The van der Waals surface area contributed by atoms with Gasteiger partial charge in [0.05, 0.1) is 10.5 Å². The number of nitrogens with two attached hydrogens (primary N) is 1. The molecule has 4 rings (SSSR count). The molecule has 27 heavy (non-hydrogen) atoms. The first-order valence-electron chi connectivity index (χ1n) is 8.74. The summed E-state index contributed by atoms with van der Waals surface area (Å²) in [7, 11) is -3.94. The maximum absolute atomic E-state index is 12.1. The molecule has 0 spiro atoms. The van der Waals surface area contributed by atoms with E-state index in [9.17, 15) is 8.42 Å². The SMILES string of the molecule is NS(=O)(=O)c1cccc(-c2ccc(CN3CCCC3)cc2)c1-c1nn[nH]n1. The molecule has 1 saturated heterocycles. The lowest BCUT2D eigenvalue weighted by molar-refractivity contribution is 0.331. The monoisotopic (exact) mass is 384 g/mol. The number of aromatic nitrogens is 4. The molecule has 1 aliphatic rings. The topological polar surface area (TPSA) is 118 Å². The van der Waals surface area contributed by atoms with Gasteiger partial charge in [0.1, 0.15) is 0 Å². The van der Waals surface area contributed by atoms with Crippen molar-refractivity contribution in [3.63, 3.8) is 0 Å². The average molecular weight is 384 g/mol. The van der Waals surface area contributed by atoms with Crippen molar-refractivity contribution >= 4 is 10.0 Å². The number of nitrogens with one attached hydrogen (secondary N) is 1. The number of aromatic amines is 1. The van der Waals surface area contributed by atoms with E-state index in [0.717, 1.165) is 25.2 Å². The van der Waals surface area contributed by atoms with Crippen LogP contribution < -0.4 is 5.14 Å². The highest BCUT2D eigenvalue weighted by Crippen LogP contribution is 2.34. The summed E-state index contributed by atoms with van der Waals surface area (Å²) in [5.74, 6) is 0.191. The molecule has 0 aliphatic carbocycles. The molecule has 3 aromatic rings. The quantitative estimate of drug-likeness (QED) is 0.692. The number of primary sulfonamides is 1. The van der Waals surface area contributed by atoms with Gasteiger partial charge in [-0.1, -0.05) is 36.4 Å². The summed E-state index contributed by atoms with van der Waals surface area (Å²) in [5, 5.41) is 19.2. The van der Waals surface area contributed by atoms with E-state index < -0.39 is 10.0 Å². The Balaban J connectivity index is 1.75. The smallest absolute Gasteiger partial charge is 0.238 e. The van der Waals surface area contributed by atoms with Crippen molar-refractivity contribution in [2.45, 2.75) is 24.3 Å². The van der Waals surface area contributed by atoms with Crippen LogP contribution in [-0.2, 0) is 16.6 Å². The largest absolute Gasteiger partial charge is 0.299 e. The molecule has 2 aromatic carbocycles. The summed E-state index contributed by atoms with van der Waals surface area (Å²) >= 11 is 0. The van der Waals surface area contributed by atoms with Gasteiger partial charge in [0, 0.05) is 6.54 Å². The van der Waals surface area contributed by atoms with Crippen LogP contribution in [0.15, 0.2) is 47.4 Å². The second kappa shape index (κ2) is 7.18. The lowest BCUT2D eigenvalue weighted by Gasteiger charge is -2.15. The van der Waals surface area contributed by atoms with E-state index in [-0.39, 0.29) is 10.7 Å². The average Bonchev–Trinajstić information content (AvgIpc) is 3.35. The number of H-pyrrole nitrogens is 1. The summed E-state index contributed by atoms with van der Waals surface area (Å²) in [4.78, 5) is 2.41. The van der Waals surface area contributed by atoms with Crippen molar-refractivity contribution in [1.29, 1.82) is 0 Å². The van der Waals surface area contributed by atoms with Crippen LogP contribution in [0.5, 0.6) is 0 Å². The van der Waals surface area contributed by atoms with Gasteiger partial charge >= 0.3 is 0 Å². The fourth-order valence-corrected chi connectivity index (χ4v) is 4.25. The minimum absolute atomic E-state index is 0.0254. The molecular formula is C18H20N6O2S. The number of likely N-dealkylation sites (tertiary alicyclic amines) is 1. The minimum Gasteiger partial charge on any atom is -0.299 e. The van der Waals surface area contributed by atoms with Gasteiger partial charge in [-0.25, -0.2) is 13.6 Å². The molecule has 0 radical (unpaired) electrons. The van der Waals surface area contributed by atoms with Gasteiger partial charge in [-0.3, -0.25) is 4.90 Å². The standard InChI is InChI=1S/C18H20N6O2S/c19-27(25,26)16-5-3-4-15(17(16)18-20-22-23-21-18)14-8-6-13(7-9-14)12-24-10-1-2-11-24/h3-9H,1-2,10-12H2,(H2,19,25,26)(H,20,21,22,23). The number of hydrogen-bond acceptors (Lipinski definition) is 6. The van der Waals surface area contributed by atoms with E-state index in [4.69, 9.17) is 5.14 Å². The normalized spacial score (nSPS) is 15.3. The molecular weight excluding hydrogens is 364 g/mol. The van der Waals surface area contributed by atoms with Crippen molar-refractivity contribution in [2.75, 3.05) is 13.1 Å². The molecule has 2 heterocycles. The van der Waals surface area contributed by atoms with E-state index in [1.54, 1.807) is 6.07 Å². The molecule has 0 bridgehead atoms. The zero-order valence-electron chi connectivity index (χ0n) is 14.7. The van der Waals surface area contributed by atoms with Crippen molar-refractivity contribution in [3.05, 3.63) is 48.0 Å². The Morgan fingerprint density at radius 3 is 2.44 bits per heavy atom. The molecule has 140 valence electrons. The maximum Gasteiger partial charge on any atom is 0.238 e. The first-order chi connectivity index (χ1) is 13.0. The van der Waals surface area contributed by atoms with Crippen LogP contribution in [0, 0.1) is 0 Å². The number of tetrazole rings is 1. The molecule has 0 saturated carbocycles. The predicted octanol–water partition coefficient (Wildman–Crippen LogP) is 1.78. The molecule has 1 aliphatic heterocycles. The Labute approximate surface area is 157 Å². The fourth-order valence-electron chi connectivity index (χ4n) is 3.50. The molecule has 1 fully saturated rings. The molecule has 9 heteroatoms. The fraction of sp³-hybridized carbons (Fsp3) is 0.278. The van der Waals surface area contributed by atoms with E-state index in [2.05, 4.69) is 37.7 Å². The summed E-state index contributed by atoms with van der Waals surface area (Å²) in [6.45, 7) is 3.20. The van der Waals surface area contributed by atoms with E-state index >= 15 is 0 Å². The van der Waals surface area contributed by atoms with E-state index in [0.29, 0.717) is 11.1 Å². The van der Waals surface area contributed by atoms with Crippen LogP contribution >= 0.6 is 0 Å². The van der Waals surface area contributed by atoms with Crippen LogP contribution in [0.4, 0.5) is 0 Å². The summed E-state index contributed by atoms with van der Waals surface area (Å²) < 4.78 is 24.1. The zero-order chi connectivity index (χ0) is 18.9. The number of sulfonamides is 1. The highest BCUT2D eigenvalue weighted by Gasteiger charge is 2.22. The Bertz CT molecular complexity index is 1030. The number of benzene rings is 2. The Morgan fingerprint density at radius 2 is 1.81 bits per heavy atom. The lowest BCUT2D eigenvalue weighted by Crippen LogP contribution is -2.18. The van der Waals surface area contributed by atoms with Crippen molar-refractivity contribution < 1.29 is 8.42 Å². The Hall–Kier alpha value is -2.62. The van der Waals surface area contributed by atoms with Crippen LogP contribution in [0.2, 0.25) is 0 Å². The van der Waals surface area contributed by atoms with Crippen LogP contribution in [0.1, 0.15) is 18.4 Å². The number of hydrogen-bond donors (Lipinski definition) is 2. The van der Waals surface area contributed by atoms with Gasteiger partial charge in [-0.05, 0) is 53.9 Å². The highest BCUT2D eigenvalue weighted by molar-refractivity contribution is 7.89. The van der Waals surface area contributed by atoms with E-state index in [1.807, 2.05) is 18.2 Å². The highest BCUT2D eigenvalue weighted by atomic mass is 32.2. The first kappa shape index (κ1) is 17.8. The van der Waals surface area contributed by atoms with Gasteiger partial charge in [0.2, 0.25) is 15.8 Å². The lowest BCUT2D eigenvalue weighted by atomic mass is 9.98. The third-order valence-electron chi connectivity index (χ3n) is 4.77. The van der Waals surface area contributed by atoms with Crippen LogP contribution in [0.25, 0.3) is 22.5 Å². The third kappa shape index (κ3) is 3.75. The van der Waals surface area contributed by atoms with Crippen LogP contribution in [0.3, 0.4) is 0 Å². The van der Waals surface area contributed by atoms with Crippen molar-refractivity contribution in [2.24, 2.45) is 5.14 Å². The second-order valence-electron chi connectivity index (χ2n) is 6.64. The number of rotatable bonds is 5. The third-order valence-corrected chi connectivity index (χ3v) is 5.72. The summed E-state index contributed by atoms with van der Waals surface area (Å²) in [6.07, 6.45) is 2.51.